The summed E-state index contributed by atoms with van der Waals surface area (Å²) in [6, 6.07) is 13.9. The van der Waals surface area contributed by atoms with Crippen LogP contribution in [0, 0.1) is 0 Å². The number of nitrogens with zero attached hydrogens (tertiary/aromatic N) is 4. The molecule has 1 atom stereocenters. The van der Waals surface area contributed by atoms with Crippen molar-refractivity contribution in [2.45, 2.75) is 31.9 Å². The molecule has 1 aromatic heterocycles. The lowest BCUT2D eigenvalue weighted by atomic mass is 10.0. The first-order valence-corrected chi connectivity index (χ1v) is 11.4. The second kappa shape index (κ2) is 9.22. The molecule has 1 saturated heterocycles. The number of carbonyl (C=O) groups is 1. The number of halogens is 1. The van der Waals surface area contributed by atoms with Gasteiger partial charge in [-0.1, -0.05) is 28.1 Å². The smallest absolute Gasteiger partial charge is 0.253 e. The van der Waals surface area contributed by atoms with Crippen LogP contribution in [0.3, 0.4) is 0 Å². The molecule has 3 heterocycles. The SMILES string of the molecule is O=C(Nc1cccc(Nc2ncnc(N3CCc4cc(Br)ccc4C3)n2)c1)C1CCCO1. The number of amides is 1. The highest BCUT2D eigenvalue weighted by atomic mass is 79.9. The average Bonchev–Trinajstić information content (AvgIpc) is 3.34. The Morgan fingerprint density at radius 1 is 1.12 bits per heavy atom. The van der Waals surface area contributed by atoms with E-state index in [1.807, 2.05) is 24.3 Å². The number of fused-ring (bicyclic) bond motifs is 1. The number of ether oxygens (including phenoxy) is 1. The van der Waals surface area contributed by atoms with E-state index in [0.717, 1.165) is 42.5 Å². The van der Waals surface area contributed by atoms with E-state index < -0.39 is 0 Å². The molecule has 0 radical (unpaired) electrons. The van der Waals surface area contributed by atoms with Crippen molar-refractivity contribution in [1.82, 2.24) is 15.0 Å². The number of aromatic nitrogens is 3. The monoisotopic (exact) mass is 494 g/mol. The highest BCUT2D eigenvalue weighted by molar-refractivity contribution is 9.10. The fourth-order valence-corrected chi connectivity index (χ4v) is 4.41. The third-order valence-corrected chi connectivity index (χ3v) is 6.12. The van der Waals surface area contributed by atoms with E-state index in [4.69, 9.17) is 4.74 Å². The van der Waals surface area contributed by atoms with Gasteiger partial charge in [0.25, 0.3) is 5.91 Å². The minimum absolute atomic E-state index is 0.112. The van der Waals surface area contributed by atoms with E-state index in [1.165, 1.54) is 17.5 Å². The Labute approximate surface area is 194 Å². The standard InChI is InChI=1S/C23H23BrN6O2/c24-17-7-6-16-13-30(9-8-15(16)11-17)23-26-14-25-22(29-23)28-19-4-1-3-18(12-19)27-21(31)20-5-2-10-32-20/h1,3-4,6-7,11-12,14,20H,2,5,8-10,13H2,(H,27,31)(H,25,26,28,29). The maximum absolute atomic E-state index is 12.3. The maximum atomic E-state index is 12.3. The molecule has 2 N–H and O–H groups in total. The van der Waals surface area contributed by atoms with Crippen LogP contribution in [0.2, 0.25) is 0 Å². The summed E-state index contributed by atoms with van der Waals surface area (Å²) in [5, 5.41) is 6.13. The number of anilines is 4. The van der Waals surface area contributed by atoms with Crippen LogP contribution in [0.4, 0.5) is 23.3 Å². The van der Waals surface area contributed by atoms with Crippen LogP contribution in [0.1, 0.15) is 24.0 Å². The van der Waals surface area contributed by atoms with Gasteiger partial charge in [-0.25, -0.2) is 9.97 Å². The molecule has 0 saturated carbocycles. The Kier molecular flexibility index (Phi) is 6.00. The first kappa shape index (κ1) is 20.8. The van der Waals surface area contributed by atoms with Crippen LogP contribution < -0.4 is 15.5 Å². The van der Waals surface area contributed by atoms with Gasteiger partial charge in [0.1, 0.15) is 12.4 Å². The predicted molar refractivity (Wildman–Crippen MR) is 126 cm³/mol. The molecule has 1 fully saturated rings. The Bertz CT molecular complexity index is 1130. The number of carbonyl (C=O) groups excluding carboxylic acids is 1. The Hall–Kier alpha value is -3.04. The topological polar surface area (TPSA) is 92.3 Å². The minimum Gasteiger partial charge on any atom is -0.368 e. The summed E-state index contributed by atoms with van der Waals surface area (Å²) < 4.78 is 6.55. The molecule has 9 heteroatoms. The zero-order valence-corrected chi connectivity index (χ0v) is 19.0. The van der Waals surface area contributed by atoms with E-state index in [-0.39, 0.29) is 12.0 Å². The van der Waals surface area contributed by atoms with Gasteiger partial charge in [0.2, 0.25) is 11.9 Å². The number of hydrogen-bond acceptors (Lipinski definition) is 7. The Morgan fingerprint density at radius 2 is 2.03 bits per heavy atom. The van der Waals surface area contributed by atoms with Gasteiger partial charge in [0.15, 0.2) is 0 Å². The van der Waals surface area contributed by atoms with E-state index in [9.17, 15) is 4.79 Å². The molecule has 0 bridgehead atoms. The number of rotatable bonds is 5. The molecule has 2 aliphatic rings. The Morgan fingerprint density at radius 3 is 2.91 bits per heavy atom. The van der Waals surface area contributed by atoms with Crippen molar-refractivity contribution in [3.8, 4) is 0 Å². The predicted octanol–water partition coefficient (Wildman–Crippen LogP) is 4.06. The van der Waals surface area contributed by atoms with Gasteiger partial charge in [0, 0.05) is 35.5 Å². The van der Waals surface area contributed by atoms with Crippen molar-refractivity contribution in [2.24, 2.45) is 0 Å². The molecule has 2 aliphatic heterocycles. The molecule has 1 unspecified atom stereocenters. The van der Waals surface area contributed by atoms with Gasteiger partial charge < -0.3 is 20.3 Å². The molecule has 3 aromatic rings. The third kappa shape index (κ3) is 4.73. The first-order valence-electron chi connectivity index (χ1n) is 10.6. The van der Waals surface area contributed by atoms with Gasteiger partial charge in [-0.3, -0.25) is 4.79 Å². The summed E-state index contributed by atoms with van der Waals surface area (Å²) in [6.45, 7) is 2.25. The molecule has 0 spiro atoms. The van der Waals surface area contributed by atoms with Crippen molar-refractivity contribution in [3.63, 3.8) is 0 Å². The fraction of sp³-hybridized carbons (Fsp3) is 0.304. The fourth-order valence-electron chi connectivity index (χ4n) is 4.00. The van der Waals surface area contributed by atoms with Gasteiger partial charge in [-0.15, -0.1) is 0 Å². The van der Waals surface area contributed by atoms with Crippen LogP contribution in [0.15, 0.2) is 53.3 Å². The molecule has 164 valence electrons. The van der Waals surface area contributed by atoms with E-state index in [0.29, 0.717) is 24.2 Å². The molecule has 8 nitrogen and oxygen atoms in total. The van der Waals surface area contributed by atoms with Gasteiger partial charge in [-0.2, -0.15) is 4.98 Å². The van der Waals surface area contributed by atoms with Crippen LogP contribution in [0.25, 0.3) is 0 Å². The third-order valence-electron chi connectivity index (χ3n) is 5.63. The summed E-state index contributed by atoms with van der Waals surface area (Å²) in [7, 11) is 0. The number of benzene rings is 2. The zero-order chi connectivity index (χ0) is 21.9. The normalized spacial score (nSPS) is 17.7. The lowest BCUT2D eigenvalue weighted by Gasteiger charge is -2.29. The highest BCUT2D eigenvalue weighted by Crippen LogP contribution is 2.26. The number of nitrogens with one attached hydrogen (secondary N) is 2. The molecular formula is C23H23BrN6O2. The zero-order valence-electron chi connectivity index (χ0n) is 17.4. The van der Waals surface area contributed by atoms with Crippen molar-refractivity contribution in [3.05, 3.63) is 64.4 Å². The van der Waals surface area contributed by atoms with Crippen LogP contribution in [-0.4, -0.2) is 40.1 Å². The van der Waals surface area contributed by atoms with Gasteiger partial charge in [-0.05, 0) is 60.7 Å². The lowest BCUT2D eigenvalue weighted by molar-refractivity contribution is -0.124. The van der Waals surface area contributed by atoms with E-state index >= 15 is 0 Å². The second-order valence-electron chi connectivity index (χ2n) is 7.89. The van der Waals surface area contributed by atoms with Crippen molar-refractivity contribution in [2.75, 3.05) is 28.7 Å². The number of hydrogen-bond donors (Lipinski definition) is 2. The highest BCUT2D eigenvalue weighted by Gasteiger charge is 2.23. The van der Waals surface area contributed by atoms with Crippen molar-refractivity contribution < 1.29 is 9.53 Å². The summed E-state index contributed by atoms with van der Waals surface area (Å²) in [4.78, 5) is 27.7. The molecule has 0 aliphatic carbocycles. The summed E-state index contributed by atoms with van der Waals surface area (Å²) in [5.41, 5.74) is 4.11. The quantitative estimate of drug-likeness (QED) is 0.552. The molecular weight excluding hydrogens is 472 g/mol. The largest absolute Gasteiger partial charge is 0.368 e. The van der Waals surface area contributed by atoms with Gasteiger partial charge in [0.05, 0.1) is 0 Å². The van der Waals surface area contributed by atoms with Crippen LogP contribution in [-0.2, 0) is 22.5 Å². The average molecular weight is 495 g/mol. The Balaban J connectivity index is 1.27. The van der Waals surface area contributed by atoms with Crippen LogP contribution in [0.5, 0.6) is 0 Å². The summed E-state index contributed by atoms with van der Waals surface area (Å²) >= 11 is 3.54. The molecule has 32 heavy (non-hydrogen) atoms. The van der Waals surface area contributed by atoms with Crippen molar-refractivity contribution >= 4 is 45.1 Å². The summed E-state index contributed by atoms with van der Waals surface area (Å²) in [5.74, 6) is 0.984. The van der Waals surface area contributed by atoms with Crippen LogP contribution >= 0.6 is 15.9 Å². The van der Waals surface area contributed by atoms with Crippen molar-refractivity contribution in [1.29, 1.82) is 0 Å². The summed E-state index contributed by atoms with van der Waals surface area (Å²) in [6.07, 6.45) is 3.77. The molecule has 2 aromatic carbocycles. The van der Waals surface area contributed by atoms with E-state index in [2.05, 4.69) is 64.6 Å². The molecule has 5 rings (SSSR count). The minimum atomic E-state index is -0.367. The maximum Gasteiger partial charge on any atom is 0.253 e. The van der Waals surface area contributed by atoms with E-state index in [1.54, 1.807) is 0 Å². The second-order valence-corrected chi connectivity index (χ2v) is 8.81. The van der Waals surface area contributed by atoms with Gasteiger partial charge >= 0.3 is 0 Å². The molecule has 1 amide bonds. The lowest BCUT2D eigenvalue weighted by Crippen LogP contribution is -2.32. The first-order chi connectivity index (χ1) is 15.6.